The summed E-state index contributed by atoms with van der Waals surface area (Å²) in [6.07, 6.45) is 0. The molecule has 5 nitrogen and oxygen atoms in total. The number of ether oxygens (including phenoxy) is 1. The van der Waals surface area contributed by atoms with Gasteiger partial charge in [-0.2, -0.15) is 0 Å². The van der Waals surface area contributed by atoms with Crippen LogP contribution in [0.1, 0.15) is 33.3 Å². The van der Waals surface area contributed by atoms with Gasteiger partial charge < -0.3 is 15.0 Å². The van der Waals surface area contributed by atoms with Crippen LogP contribution >= 0.6 is 11.6 Å². The number of hydrogen-bond donors (Lipinski definition) is 1. The zero-order chi connectivity index (χ0) is 21.6. The van der Waals surface area contributed by atoms with Gasteiger partial charge in [0.25, 0.3) is 5.91 Å². The number of amides is 2. The maximum absolute atomic E-state index is 14.2. The predicted octanol–water partition coefficient (Wildman–Crippen LogP) is 4.19. The Morgan fingerprint density at radius 3 is 2.48 bits per heavy atom. The molecular formula is C22H26ClFN2O3. The molecule has 2 amide bonds. The molecule has 2 aromatic carbocycles. The van der Waals surface area contributed by atoms with E-state index in [4.69, 9.17) is 16.3 Å². The van der Waals surface area contributed by atoms with Crippen LogP contribution in [0.3, 0.4) is 0 Å². The minimum absolute atomic E-state index is 0.0524. The van der Waals surface area contributed by atoms with E-state index < -0.39 is 23.3 Å². The highest BCUT2D eigenvalue weighted by Crippen LogP contribution is 2.18. The summed E-state index contributed by atoms with van der Waals surface area (Å²) in [4.78, 5) is 26.8. The van der Waals surface area contributed by atoms with Crippen molar-refractivity contribution >= 4 is 23.4 Å². The van der Waals surface area contributed by atoms with Crippen molar-refractivity contribution in [3.63, 3.8) is 0 Å². The fourth-order valence-electron chi connectivity index (χ4n) is 2.65. The number of benzene rings is 2. The third-order valence-corrected chi connectivity index (χ3v) is 4.36. The standard InChI is InChI=1S/C22H26ClFN2O3/c1-15(21(28)25-22(2,3)4)26(13-16-8-5-6-11-19(16)24)20(27)14-29-18-10-7-9-17(23)12-18/h5-12,15H,13-14H2,1-4H3,(H,25,28)/t15-/m1/s1. The molecule has 0 aliphatic rings. The summed E-state index contributed by atoms with van der Waals surface area (Å²) in [5.74, 6) is -0.775. The molecule has 0 spiro atoms. The minimum atomic E-state index is -0.815. The lowest BCUT2D eigenvalue weighted by Crippen LogP contribution is -2.53. The van der Waals surface area contributed by atoms with Gasteiger partial charge in [0.15, 0.2) is 6.61 Å². The molecule has 0 aliphatic carbocycles. The topological polar surface area (TPSA) is 58.6 Å². The summed E-state index contributed by atoms with van der Waals surface area (Å²) in [7, 11) is 0. The van der Waals surface area contributed by atoms with Gasteiger partial charge in [-0.05, 0) is 52.0 Å². The highest BCUT2D eigenvalue weighted by Gasteiger charge is 2.29. The Morgan fingerprint density at radius 2 is 1.86 bits per heavy atom. The summed E-state index contributed by atoms with van der Waals surface area (Å²) in [6, 6.07) is 12.0. The second-order valence-corrected chi connectivity index (χ2v) is 8.21. The first kappa shape index (κ1) is 22.7. The Morgan fingerprint density at radius 1 is 1.17 bits per heavy atom. The minimum Gasteiger partial charge on any atom is -0.484 e. The van der Waals surface area contributed by atoms with E-state index in [1.807, 2.05) is 20.8 Å². The van der Waals surface area contributed by atoms with Crippen molar-refractivity contribution in [2.75, 3.05) is 6.61 Å². The van der Waals surface area contributed by atoms with Crippen LogP contribution in [0.4, 0.5) is 4.39 Å². The highest BCUT2D eigenvalue weighted by atomic mass is 35.5. The van der Waals surface area contributed by atoms with Crippen molar-refractivity contribution in [2.45, 2.75) is 45.8 Å². The molecule has 0 radical (unpaired) electrons. The smallest absolute Gasteiger partial charge is 0.261 e. The number of nitrogens with one attached hydrogen (secondary N) is 1. The third kappa shape index (κ3) is 7.06. The van der Waals surface area contributed by atoms with Gasteiger partial charge in [0.2, 0.25) is 5.91 Å². The Bertz CT molecular complexity index is 867. The van der Waals surface area contributed by atoms with Crippen LogP contribution in [0.25, 0.3) is 0 Å². The first-order valence-electron chi connectivity index (χ1n) is 9.30. The first-order chi connectivity index (χ1) is 13.6. The molecule has 0 saturated heterocycles. The highest BCUT2D eigenvalue weighted by molar-refractivity contribution is 6.30. The van der Waals surface area contributed by atoms with E-state index in [1.54, 1.807) is 49.4 Å². The van der Waals surface area contributed by atoms with E-state index in [9.17, 15) is 14.0 Å². The number of halogens is 2. The molecule has 0 fully saturated rings. The molecule has 29 heavy (non-hydrogen) atoms. The SMILES string of the molecule is C[C@H](C(=O)NC(C)(C)C)N(Cc1ccccc1F)C(=O)COc1cccc(Cl)c1. The lowest BCUT2D eigenvalue weighted by molar-refractivity contribution is -0.142. The zero-order valence-corrected chi connectivity index (χ0v) is 17.8. The van der Waals surface area contributed by atoms with E-state index in [0.29, 0.717) is 16.3 Å². The Labute approximate surface area is 175 Å². The molecule has 1 N–H and O–H groups in total. The van der Waals surface area contributed by atoms with Crippen LogP contribution in [-0.2, 0) is 16.1 Å². The molecule has 2 rings (SSSR count). The van der Waals surface area contributed by atoms with Crippen molar-refractivity contribution in [1.29, 1.82) is 0 Å². The fourth-order valence-corrected chi connectivity index (χ4v) is 2.83. The van der Waals surface area contributed by atoms with Crippen molar-refractivity contribution in [1.82, 2.24) is 10.2 Å². The van der Waals surface area contributed by atoms with Crippen molar-refractivity contribution < 1.29 is 18.7 Å². The van der Waals surface area contributed by atoms with Crippen molar-refractivity contribution in [3.05, 3.63) is 64.9 Å². The molecule has 156 valence electrons. The van der Waals surface area contributed by atoms with Crippen LogP contribution in [-0.4, -0.2) is 34.9 Å². The van der Waals surface area contributed by atoms with Gasteiger partial charge in [0.05, 0.1) is 0 Å². The molecule has 2 aromatic rings. The second-order valence-electron chi connectivity index (χ2n) is 7.77. The maximum atomic E-state index is 14.2. The van der Waals surface area contributed by atoms with Gasteiger partial charge in [0, 0.05) is 22.7 Å². The second kappa shape index (κ2) is 9.74. The van der Waals surface area contributed by atoms with Gasteiger partial charge in [-0.1, -0.05) is 35.9 Å². The molecule has 7 heteroatoms. The lowest BCUT2D eigenvalue weighted by Gasteiger charge is -2.31. The monoisotopic (exact) mass is 420 g/mol. The summed E-state index contributed by atoms with van der Waals surface area (Å²) in [6.45, 7) is 6.80. The summed E-state index contributed by atoms with van der Waals surface area (Å²) in [5.41, 5.74) is -0.144. The summed E-state index contributed by atoms with van der Waals surface area (Å²) in [5, 5.41) is 3.33. The van der Waals surface area contributed by atoms with Crippen LogP contribution < -0.4 is 10.1 Å². The Kier molecular flexibility index (Phi) is 7.62. The Balaban J connectivity index is 2.19. The predicted molar refractivity (Wildman–Crippen MR) is 111 cm³/mol. The molecule has 1 atom stereocenters. The molecule has 0 aromatic heterocycles. The van der Waals surface area contributed by atoms with Gasteiger partial charge in [0.1, 0.15) is 17.6 Å². The zero-order valence-electron chi connectivity index (χ0n) is 17.0. The Hall–Kier alpha value is -2.60. The number of nitrogens with zero attached hydrogens (tertiary/aromatic N) is 1. The van der Waals surface area contributed by atoms with E-state index in [1.165, 1.54) is 11.0 Å². The van der Waals surface area contributed by atoms with Gasteiger partial charge >= 0.3 is 0 Å². The largest absolute Gasteiger partial charge is 0.484 e. The van der Waals surface area contributed by atoms with Crippen molar-refractivity contribution in [2.24, 2.45) is 0 Å². The molecule has 0 saturated carbocycles. The van der Waals surface area contributed by atoms with Crippen LogP contribution in [0.5, 0.6) is 5.75 Å². The molecule has 0 aliphatic heterocycles. The number of hydrogen-bond acceptors (Lipinski definition) is 3. The van der Waals surface area contributed by atoms with Gasteiger partial charge in [-0.15, -0.1) is 0 Å². The average molecular weight is 421 g/mol. The summed E-state index contributed by atoms with van der Waals surface area (Å²) >= 11 is 5.93. The van der Waals surface area contributed by atoms with Crippen LogP contribution in [0, 0.1) is 5.82 Å². The first-order valence-corrected chi connectivity index (χ1v) is 9.68. The van der Waals surface area contributed by atoms with Crippen molar-refractivity contribution in [3.8, 4) is 5.75 Å². The normalized spacial score (nSPS) is 12.2. The van der Waals surface area contributed by atoms with E-state index >= 15 is 0 Å². The van der Waals surface area contributed by atoms with Gasteiger partial charge in [-0.3, -0.25) is 9.59 Å². The third-order valence-electron chi connectivity index (χ3n) is 4.12. The quantitative estimate of drug-likeness (QED) is 0.730. The van der Waals surface area contributed by atoms with Crippen LogP contribution in [0.15, 0.2) is 48.5 Å². The number of rotatable bonds is 7. The average Bonchev–Trinajstić information content (AvgIpc) is 2.63. The molecule has 0 bridgehead atoms. The fraction of sp³-hybridized carbons (Fsp3) is 0.364. The van der Waals surface area contributed by atoms with E-state index in [-0.39, 0.29) is 19.1 Å². The van der Waals surface area contributed by atoms with Crippen LogP contribution in [0.2, 0.25) is 5.02 Å². The van der Waals surface area contributed by atoms with E-state index in [0.717, 1.165) is 0 Å². The molecular weight excluding hydrogens is 395 g/mol. The lowest BCUT2D eigenvalue weighted by atomic mass is 10.1. The van der Waals surface area contributed by atoms with E-state index in [2.05, 4.69) is 5.32 Å². The maximum Gasteiger partial charge on any atom is 0.261 e. The number of carbonyl (C=O) groups is 2. The molecule has 0 unspecified atom stereocenters. The molecule has 0 heterocycles. The summed E-state index contributed by atoms with van der Waals surface area (Å²) < 4.78 is 19.7. The number of carbonyl (C=O) groups excluding carboxylic acids is 2. The van der Waals surface area contributed by atoms with Gasteiger partial charge in [-0.25, -0.2) is 4.39 Å².